The third-order valence-electron chi connectivity index (χ3n) is 5.52. The van der Waals surface area contributed by atoms with E-state index in [0.29, 0.717) is 29.8 Å². The first-order valence-corrected chi connectivity index (χ1v) is 10.9. The number of nitrogens with one attached hydrogen (secondary N) is 1. The minimum atomic E-state index is -0.626. The van der Waals surface area contributed by atoms with Crippen LogP contribution in [-0.4, -0.2) is 40.7 Å². The summed E-state index contributed by atoms with van der Waals surface area (Å²) >= 11 is 1.56. The lowest BCUT2D eigenvalue weighted by Gasteiger charge is -2.40. The summed E-state index contributed by atoms with van der Waals surface area (Å²) in [5, 5.41) is 5.81. The van der Waals surface area contributed by atoms with Gasteiger partial charge in [0.1, 0.15) is 12.7 Å². The van der Waals surface area contributed by atoms with Crippen molar-refractivity contribution < 1.29 is 14.4 Å². The van der Waals surface area contributed by atoms with Crippen LogP contribution in [0.15, 0.2) is 53.9 Å². The lowest BCUT2D eigenvalue weighted by molar-refractivity contribution is -0.122. The first kappa shape index (κ1) is 19.4. The average molecular weight is 433 g/mol. The van der Waals surface area contributed by atoms with Crippen molar-refractivity contribution in [1.29, 1.82) is 0 Å². The number of benzene rings is 2. The van der Waals surface area contributed by atoms with Crippen LogP contribution in [0.5, 0.6) is 0 Å². The monoisotopic (exact) mass is 432 g/mol. The van der Waals surface area contributed by atoms with Crippen LogP contribution < -0.4 is 10.2 Å². The molecular weight excluding hydrogens is 412 g/mol. The topological polar surface area (TPSA) is 82.6 Å². The fraction of sp³-hybridized carbons (Fsp3) is 0.217. The highest BCUT2D eigenvalue weighted by molar-refractivity contribution is 7.09. The molecule has 0 bridgehead atoms. The lowest BCUT2D eigenvalue weighted by atomic mass is 10.0. The highest BCUT2D eigenvalue weighted by Crippen LogP contribution is 2.44. The van der Waals surface area contributed by atoms with Crippen LogP contribution in [0.2, 0.25) is 0 Å². The summed E-state index contributed by atoms with van der Waals surface area (Å²) in [5.41, 5.74) is 3.26. The number of carbonyl (C=O) groups is 3. The summed E-state index contributed by atoms with van der Waals surface area (Å²) in [5.74, 6) is -0.685. The van der Waals surface area contributed by atoms with E-state index in [-0.39, 0.29) is 24.3 Å². The van der Waals surface area contributed by atoms with Crippen LogP contribution in [0.25, 0.3) is 0 Å². The zero-order valence-corrected chi connectivity index (χ0v) is 17.7. The molecule has 0 saturated carbocycles. The largest absolute Gasteiger partial charge is 0.354 e. The first-order chi connectivity index (χ1) is 15.0. The third-order valence-corrected chi connectivity index (χ3v) is 6.55. The van der Waals surface area contributed by atoms with E-state index in [4.69, 9.17) is 0 Å². The lowest BCUT2D eigenvalue weighted by Crippen LogP contribution is -2.51. The van der Waals surface area contributed by atoms with Gasteiger partial charge in [0.2, 0.25) is 5.91 Å². The molecule has 0 saturated heterocycles. The van der Waals surface area contributed by atoms with Crippen molar-refractivity contribution in [2.45, 2.75) is 19.5 Å². The van der Waals surface area contributed by atoms with Crippen LogP contribution in [0, 0.1) is 6.92 Å². The molecule has 2 aliphatic rings. The Morgan fingerprint density at radius 3 is 2.58 bits per heavy atom. The molecule has 7 nitrogen and oxygen atoms in total. The van der Waals surface area contributed by atoms with Gasteiger partial charge in [-0.3, -0.25) is 19.3 Å². The normalized spacial score (nSPS) is 16.7. The van der Waals surface area contributed by atoms with E-state index < -0.39 is 6.17 Å². The third kappa shape index (κ3) is 3.29. The molecule has 2 aliphatic heterocycles. The summed E-state index contributed by atoms with van der Waals surface area (Å²) in [6, 6.07) is 14.3. The van der Waals surface area contributed by atoms with Gasteiger partial charge in [-0.15, -0.1) is 11.3 Å². The summed E-state index contributed by atoms with van der Waals surface area (Å²) in [6.07, 6.45) is 0.0104. The summed E-state index contributed by atoms with van der Waals surface area (Å²) in [7, 11) is 0. The predicted molar refractivity (Wildman–Crippen MR) is 117 cm³/mol. The van der Waals surface area contributed by atoms with Gasteiger partial charge in [0.25, 0.3) is 11.8 Å². The number of rotatable bonds is 5. The van der Waals surface area contributed by atoms with E-state index in [1.54, 1.807) is 46.6 Å². The minimum Gasteiger partial charge on any atom is -0.354 e. The van der Waals surface area contributed by atoms with E-state index in [1.165, 1.54) is 4.90 Å². The number of hydrogen-bond donors (Lipinski definition) is 1. The smallest absolute Gasteiger partial charge is 0.260 e. The Balaban J connectivity index is 1.40. The fourth-order valence-electron chi connectivity index (χ4n) is 4.17. The Morgan fingerprint density at radius 1 is 1.06 bits per heavy atom. The second kappa shape index (κ2) is 7.63. The average Bonchev–Trinajstić information content (AvgIpc) is 3.32. The van der Waals surface area contributed by atoms with E-state index in [1.807, 2.05) is 30.5 Å². The molecule has 3 heterocycles. The molecule has 0 aliphatic carbocycles. The van der Waals surface area contributed by atoms with Crippen molar-refractivity contribution in [2.24, 2.45) is 0 Å². The van der Waals surface area contributed by atoms with Crippen LogP contribution in [0.1, 0.15) is 43.1 Å². The Morgan fingerprint density at radius 2 is 1.81 bits per heavy atom. The first-order valence-electron chi connectivity index (χ1n) is 10.0. The molecule has 156 valence electrons. The zero-order valence-electron chi connectivity index (χ0n) is 16.9. The SMILES string of the molecule is Cc1csc(CCNC(=O)CN2C(=O)c3ccccc3N3C(=O)c4ccccc4C23)n1. The maximum Gasteiger partial charge on any atom is 0.260 e. The van der Waals surface area contributed by atoms with E-state index in [9.17, 15) is 14.4 Å². The quantitative estimate of drug-likeness (QED) is 0.672. The Kier molecular flexibility index (Phi) is 4.78. The molecule has 31 heavy (non-hydrogen) atoms. The zero-order chi connectivity index (χ0) is 21.5. The maximum atomic E-state index is 13.3. The van der Waals surface area contributed by atoms with Crippen molar-refractivity contribution in [3.8, 4) is 0 Å². The van der Waals surface area contributed by atoms with Gasteiger partial charge < -0.3 is 10.2 Å². The maximum absolute atomic E-state index is 13.3. The van der Waals surface area contributed by atoms with E-state index in [2.05, 4.69) is 10.3 Å². The van der Waals surface area contributed by atoms with E-state index >= 15 is 0 Å². The molecule has 3 aromatic rings. The molecule has 0 fully saturated rings. The van der Waals surface area contributed by atoms with Crippen molar-refractivity contribution in [3.63, 3.8) is 0 Å². The molecule has 1 atom stereocenters. The van der Waals surface area contributed by atoms with Crippen molar-refractivity contribution >= 4 is 34.7 Å². The van der Waals surface area contributed by atoms with Gasteiger partial charge in [0.05, 0.1) is 16.3 Å². The van der Waals surface area contributed by atoms with Crippen molar-refractivity contribution in [2.75, 3.05) is 18.0 Å². The second-order valence-electron chi connectivity index (χ2n) is 7.57. The number of anilines is 1. The molecule has 8 heteroatoms. The van der Waals surface area contributed by atoms with Crippen LogP contribution in [0.3, 0.4) is 0 Å². The summed E-state index contributed by atoms with van der Waals surface area (Å²) < 4.78 is 0. The van der Waals surface area contributed by atoms with Crippen LogP contribution in [0.4, 0.5) is 5.69 Å². The minimum absolute atomic E-state index is 0.132. The highest BCUT2D eigenvalue weighted by atomic mass is 32.1. The highest BCUT2D eigenvalue weighted by Gasteiger charge is 2.47. The van der Waals surface area contributed by atoms with Crippen LogP contribution >= 0.6 is 11.3 Å². The summed E-state index contributed by atoms with van der Waals surface area (Å²) in [6.45, 7) is 2.24. The van der Waals surface area contributed by atoms with Crippen molar-refractivity contribution in [3.05, 3.63) is 81.3 Å². The van der Waals surface area contributed by atoms with Gasteiger partial charge in [0, 0.05) is 35.2 Å². The molecule has 0 radical (unpaired) electrons. The number of fused-ring (bicyclic) bond motifs is 5. The molecular formula is C23H20N4O3S. The van der Waals surface area contributed by atoms with Crippen molar-refractivity contribution in [1.82, 2.24) is 15.2 Å². The van der Waals surface area contributed by atoms with Crippen LogP contribution in [-0.2, 0) is 11.2 Å². The standard InChI is InChI=1S/C23H20N4O3S/c1-14-13-31-20(25-14)10-11-24-19(28)12-26-21-15-6-2-3-7-16(15)23(30)27(21)18-9-5-4-8-17(18)22(26)29/h2-9,13,21H,10-12H2,1H3,(H,24,28). The number of amides is 3. The molecule has 5 rings (SSSR count). The van der Waals surface area contributed by atoms with Gasteiger partial charge in [-0.05, 0) is 25.1 Å². The summed E-state index contributed by atoms with van der Waals surface area (Å²) in [4.78, 5) is 46.7. The molecule has 3 amide bonds. The molecule has 1 aromatic heterocycles. The Hall–Kier alpha value is -3.52. The number of hydrogen-bond acceptors (Lipinski definition) is 5. The molecule has 0 spiro atoms. The molecule has 1 unspecified atom stereocenters. The fourth-order valence-corrected chi connectivity index (χ4v) is 4.95. The molecule has 1 N–H and O–H groups in total. The Bertz CT molecular complexity index is 1200. The Labute approximate surface area is 183 Å². The number of thiazole rings is 1. The van der Waals surface area contributed by atoms with Gasteiger partial charge in [-0.25, -0.2) is 4.98 Å². The van der Waals surface area contributed by atoms with Gasteiger partial charge >= 0.3 is 0 Å². The number of para-hydroxylation sites is 1. The number of aromatic nitrogens is 1. The van der Waals surface area contributed by atoms with E-state index in [0.717, 1.165) is 16.3 Å². The number of carbonyl (C=O) groups excluding carboxylic acids is 3. The van der Waals surface area contributed by atoms with Gasteiger partial charge in [0.15, 0.2) is 0 Å². The molecule has 2 aromatic carbocycles. The van der Waals surface area contributed by atoms with Gasteiger partial charge in [-0.1, -0.05) is 30.3 Å². The number of aryl methyl sites for hydroxylation is 1. The van der Waals surface area contributed by atoms with Gasteiger partial charge in [-0.2, -0.15) is 0 Å². The number of nitrogens with zero attached hydrogens (tertiary/aromatic N) is 3. The second-order valence-corrected chi connectivity index (χ2v) is 8.51. The predicted octanol–water partition coefficient (Wildman–Crippen LogP) is 2.93.